The van der Waals surface area contributed by atoms with E-state index in [1.165, 1.54) is 44.9 Å². The maximum Gasteiger partial charge on any atom is 0.305 e. The van der Waals surface area contributed by atoms with Gasteiger partial charge in [-0.25, -0.2) is 0 Å². The summed E-state index contributed by atoms with van der Waals surface area (Å²) in [5.74, 6) is -0.0713. The monoisotopic (exact) mass is 348 g/mol. The molecule has 0 spiro atoms. The molecule has 0 aromatic rings. The van der Waals surface area contributed by atoms with E-state index in [2.05, 4.69) is 6.92 Å². The third-order valence-corrected chi connectivity index (χ3v) is 4.31. The van der Waals surface area contributed by atoms with E-state index >= 15 is 0 Å². The molecule has 0 saturated carbocycles. The van der Waals surface area contributed by atoms with Crippen LogP contribution in [0.15, 0.2) is 0 Å². The van der Waals surface area contributed by atoms with Crippen molar-refractivity contribution in [2.45, 2.75) is 85.0 Å². The number of aliphatic hydroxyl groups excluding tert-OH is 3. The van der Waals surface area contributed by atoms with Crippen LogP contribution in [0.25, 0.3) is 0 Å². The summed E-state index contributed by atoms with van der Waals surface area (Å²) in [6.45, 7) is 6.03. The first kappa shape index (κ1) is 25.6. The molecule has 0 unspecified atom stereocenters. The van der Waals surface area contributed by atoms with E-state index in [-0.39, 0.29) is 25.8 Å². The van der Waals surface area contributed by atoms with Crippen LogP contribution in [0, 0.1) is 5.41 Å². The van der Waals surface area contributed by atoms with Crippen molar-refractivity contribution in [1.29, 1.82) is 0 Å². The van der Waals surface area contributed by atoms with Crippen molar-refractivity contribution < 1.29 is 24.9 Å². The van der Waals surface area contributed by atoms with Gasteiger partial charge in [0.1, 0.15) is 0 Å². The lowest BCUT2D eigenvalue weighted by Crippen LogP contribution is -2.32. The number of aliphatic hydroxyl groups is 3. The lowest BCUT2D eigenvalue weighted by Gasteiger charge is -2.24. The van der Waals surface area contributed by atoms with Crippen LogP contribution in [0.4, 0.5) is 0 Å². The Balaban J connectivity index is 0. The molecule has 0 aliphatic heterocycles. The molecule has 0 aliphatic rings. The molecule has 0 fully saturated rings. The Hall–Kier alpha value is -0.650. The minimum absolute atomic E-state index is 0.0713. The van der Waals surface area contributed by atoms with E-state index in [1.54, 1.807) is 0 Å². The lowest BCUT2D eigenvalue weighted by atomic mass is 9.88. The largest absolute Gasteiger partial charge is 0.466 e. The number of rotatable bonds is 14. The van der Waals surface area contributed by atoms with Gasteiger partial charge in [0.2, 0.25) is 0 Å². The predicted octanol–water partition coefficient (Wildman–Crippen LogP) is 3.44. The van der Waals surface area contributed by atoms with Gasteiger partial charge in [-0.15, -0.1) is 0 Å². The molecule has 0 saturated heterocycles. The van der Waals surface area contributed by atoms with Gasteiger partial charge in [0.05, 0.1) is 26.4 Å². The quantitative estimate of drug-likeness (QED) is 0.331. The summed E-state index contributed by atoms with van der Waals surface area (Å²) in [7, 11) is 0. The average Bonchev–Trinajstić information content (AvgIpc) is 2.63. The smallest absolute Gasteiger partial charge is 0.305 e. The van der Waals surface area contributed by atoms with Crippen LogP contribution >= 0.6 is 0 Å². The van der Waals surface area contributed by atoms with Gasteiger partial charge in [0.25, 0.3) is 0 Å². The van der Waals surface area contributed by atoms with Gasteiger partial charge in [0.15, 0.2) is 0 Å². The topological polar surface area (TPSA) is 87.0 Å². The maximum absolute atomic E-state index is 10.8. The van der Waals surface area contributed by atoms with Gasteiger partial charge in [-0.1, -0.05) is 65.7 Å². The third-order valence-electron chi connectivity index (χ3n) is 4.31. The second kappa shape index (κ2) is 18.7. The van der Waals surface area contributed by atoms with Crippen molar-refractivity contribution in [3.8, 4) is 0 Å². The third kappa shape index (κ3) is 14.9. The van der Waals surface area contributed by atoms with Crippen LogP contribution in [0.2, 0.25) is 0 Å². The highest BCUT2D eigenvalue weighted by molar-refractivity contribution is 5.68. The summed E-state index contributed by atoms with van der Waals surface area (Å²) in [5.41, 5.74) is -0.667. The molecule has 0 bridgehead atoms. The molecule has 5 nitrogen and oxygen atoms in total. The summed E-state index contributed by atoms with van der Waals surface area (Å²) in [6.07, 6.45) is 11.4. The zero-order valence-electron chi connectivity index (χ0n) is 16.1. The fourth-order valence-corrected chi connectivity index (χ4v) is 2.01. The molecule has 0 radical (unpaired) electrons. The lowest BCUT2D eigenvalue weighted by molar-refractivity contribution is -0.143. The Kier molecular flexibility index (Phi) is 19.9. The first-order valence-corrected chi connectivity index (χ1v) is 9.53. The molecule has 0 atom stereocenters. The molecule has 5 heteroatoms. The molecule has 0 heterocycles. The summed E-state index contributed by atoms with van der Waals surface area (Å²) in [5, 5.41) is 26.0. The van der Waals surface area contributed by atoms with Crippen molar-refractivity contribution >= 4 is 5.97 Å². The van der Waals surface area contributed by atoms with E-state index in [0.717, 1.165) is 6.42 Å². The summed E-state index contributed by atoms with van der Waals surface area (Å²) >= 11 is 0. The molecule has 146 valence electrons. The van der Waals surface area contributed by atoms with Crippen molar-refractivity contribution in [3.63, 3.8) is 0 Å². The maximum atomic E-state index is 10.8. The van der Waals surface area contributed by atoms with Gasteiger partial charge in [-0.3, -0.25) is 4.79 Å². The SMILES string of the molecule is CCC(CO)(CO)CO.CCCCCCCCCCOC(=O)CC. The second-order valence-electron chi connectivity index (χ2n) is 6.38. The fourth-order valence-electron chi connectivity index (χ4n) is 2.01. The van der Waals surface area contributed by atoms with Crippen molar-refractivity contribution in [2.24, 2.45) is 5.41 Å². The minimum atomic E-state index is -0.667. The summed E-state index contributed by atoms with van der Waals surface area (Å²) in [6, 6.07) is 0. The summed E-state index contributed by atoms with van der Waals surface area (Å²) in [4.78, 5) is 10.8. The van der Waals surface area contributed by atoms with Crippen LogP contribution < -0.4 is 0 Å². The number of ether oxygens (including phenoxy) is 1. The Bertz CT molecular complexity index is 247. The Morgan fingerprint density at radius 3 is 1.58 bits per heavy atom. The van der Waals surface area contributed by atoms with E-state index in [1.807, 2.05) is 13.8 Å². The van der Waals surface area contributed by atoms with Crippen LogP contribution in [-0.4, -0.2) is 47.7 Å². The van der Waals surface area contributed by atoms with Crippen molar-refractivity contribution in [1.82, 2.24) is 0 Å². The van der Waals surface area contributed by atoms with Gasteiger partial charge in [-0.2, -0.15) is 0 Å². The van der Waals surface area contributed by atoms with Gasteiger partial charge in [0, 0.05) is 11.8 Å². The number of esters is 1. The van der Waals surface area contributed by atoms with E-state index < -0.39 is 5.41 Å². The first-order chi connectivity index (χ1) is 11.6. The molecule has 0 aromatic heterocycles. The zero-order chi connectivity index (χ0) is 18.7. The number of carbonyl (C=O) groups excluding carboxylic acids is 1. The van der Waals surface area contributed by atoms with Gasteiger partial charge >= 0.3 is 5.97 Å². The number of carbonyl (C=O) groups is 1. The highest BCUT2D eigenvalue weighted by Crippen LogP contribution is 2.18. The normalized spacial score (nSPS) is 10.9. The molecule has 3 N–H and O–H groups in total. The minimum Gasteiger partial charge on any atom is -0.466 e. The molecular formula is C19H40O5. The molecule has 0 aliphatic carbocycles. The Labute approximate surface area is 148 Å². The first-order valence-electron chi connectivity index (χ1n) is 9.53. The van der Waals surface area contributed by atoms with Crippen molar-refractivity contribution in [3.05, 3.63) is 0 Å². The molecule has 0 amide bonds. The van der Waals surface area contributed by atoms with Crippen LogP contribution in [0.5, 0.6) is 0 Å². The fraction of sp³-hybridized carbons (Fsp3) is 0.947. The molecule has 0 rings (SSSR count). The Morgan fingerprint density at radius 2 is 1.25 bits per heavy atom. The standard InChI is InChI=1S/C13H26O2.C6H14O3/c1-3-5-6-7-8-9-10-11-12-15-13(14)4-2;1-2-6(3-7,4-8)5-9/h3-12H2,1-2H3;7-9H,2-5H2,1H3. The predicted molar refractivity (Wildman–Crippen MR) is 97.8 cm³/mol. The van der Waals surface area contributed by atoms with Gasteiger partial charge < -0.3 is 20.1 Å². The molecule has 24 heavy (non-hydrogen) atoms. The second-order valence-corrected chi connectivity index (χ2v) is 6.38. The number of hydrogen-bond acceptors (Lipinski definition) is 5. The average molecular weight is 349 g/mol. The van der Waals surface area contributed by atoms with E-state index in [4.69, 9.17) is 20.1 Å². The van der Waals surface area contributed by atoms with Crippen LogP contribution in [-0.2, 0) is 9.53 Å². The van der Waals surface area contributed by atoms with Crippen LogP contribution in [0.3, 0.4) is 0 Å². The number of hydrogen-bond donors (Lipinski definition) is 3. The highest BCUT2D eigenvalue weighted by atomic mass is 16.5. The summed E-state index contributed by atoms with van der Waals surface area (Å²) < 4.78 is 5.00. The Morgan fingerprint density at radius 1 is 0.792 bits per heavy atom. The van der Waals surface area contributed by atoms with E-state index in [9.17, 15) is 4.79 Å². The van der Waals surface area contributed by atoms with Crippen LogP contribution in [0.1, 0.15) is 85.0 Å². The van der Waals surface area contributed by atoms with E-state index in [0.29, 0.717) is 19.4 Å². The number of unbranched alkanes of at least 4 members (excludes halogenated alkanes) is 7. The molecule has 0 aromatic carbocycles. The van der Waals surface area contributed by atoms with Gasteiger partial charge in [-0.05, 0) is 12.8 Å². The highest BCUT2D eigenvalue weighted by Gasteiger charge is 2.24. The zero-order valence-corrected chi connectivity index (χ0v) is 16.1. The van der Waals surface area contributed by atoms with Crippen molar-refractivity contribution in [2.75, 3.05) is 26.4 Å². The molecular weight excluding hydrogens is 308 g/mol.